The smallest absolute Gasteiger partial charge is 0.237 e. The first-order valence-electron chi connectivity index (χ1n) is 5.61. The van der Waals surface area contributed by atoms with Gasteiger partial charge in [-0.25, -0.2) is 0 Å². The van der Waals surface area contributed by atoms with Crippen LogP contribution in [-0.2, 0) is 11.2 Å². The molecule has 18 heavy (non-hydrogen) atoms. The number of hydrogen-bond donors (Lipinski definition) is 5. The van der Waals surface area contributed by atoms with Gasteiger partial charge in [0.05, 0.1) is 12.6 Å². The maximum atomic E-state index is 11.6. The Hall–Kier alpha value is -1.79. The fourth-order valence-electron chi connectivity index (χ4n) is 1.44. The van der Waals surface area contributed by atoms with Crippen LogP contribution in [0.2, 0.25) is 0 Å². The van der Waals surface area contributed by atoms with Gasteiger partial charge in [0.15, 0.2) is 11.5 Å². The number of nitrogens with two attached hydrogens (primary N) is 1. The van der Waals surface area contributed by atoms with Crippen molar-refractivity contribution in [2.24, 2.45) is 5.73 Å². The number of amides is 1. The SMILES string of the molecule is CC(CO)NC(=O)[C@@H](N)Cc1ccc(O)c(O)c1. The highest BCUT2D eigenvalue weighted by Crippen LogP contribution is 2.25. The molecule has 0 bridgehead atoms. The monoisotopic (exact) mass is 254 g/mol. The van der Waals surface area contributed by atoms with Gasteiger partial charge in [-0.05, 0) is 31.0 Å². The summed E-state index contributed by atoms with van der Waals surface area (Å²) in [4.78, 5) is 11.6. The lowest BCUT2D eigenvalue weighted by Gasteiger charge is -2.16. The first-order chi connectivity index (χ1) is 8.43. The largest absolute Gasteiger partial charge is 0.504 e. The number of phenolic OH excluding ortho intramolecular Hbond substituents is 2. The highest BCUT2D eigenvalue weighted by molar-refractivity contribution is 5.82. The fraction of sp³-hybridized carbons (Fsp3) is 0.417. The zero-order valence-corrected chi connectivity index (χ0v) is 10.1. The van der Waals surface area contributed by atoms with Crippen molar-refractivity contribution >= 4 is 5.91 Å². The maximum Gasteiger partial charge on any atom is 0.237 e. The Morgan fingerprint density at radius 2 is 2.06 bits per heavy atom. The van der Waals surface area contributed by atoms with E-state index in [2.05, 4.69) is 5.32 Å². The van der Waals surface area contributed by atoms with E-state index in [9.17, 15) is 9.90 Å². The van der Waals surface area contributed by atoms with Crippen molar-refractivity contribution in [3.63, 3.8) is 0 Å². The van der Waals surface area contributed by atoms with Crippen molar-refractivity contribution in [3.05, 3.63) is 23.8 Å². The Balaban J connectivity index is 2.60. The quantitative estimate of drug-likeness (QED) is 0.453. The number of aliphatic hydroxyl groups excluding tert-OH is 1. The molecular weight excluding hydrogens is 236 g/mol. The number of carbonyl (C=O) groups excluding carboxylic acids is 1. The minimum absolute atomic E-state index is 0.154. The molecule has 1 aromatic carbocycles. The topological polar surface area (TPSA) is 116 Å². The van der Waals surface area contributed by atoms with Gasteiger partial charge in [0, 0.05) is 6.04 Å². The molecule has 0 aromatic heterocycles. The molecule has 2 atom stereocenters. The second-order valence-corrected chi connectivity index (χ2v) is 4.23. The number of carbonyl (C=O) groups is 1. The summed E-state index contributed by atoms with van der Waals surface area (Å²) < 4.78 is 0. The van der Waals surface area contributed by atoms with Gasteiger partial charge in [-0.3, -0.25) is 4.79 Å². The molecule has 0 aliphatic rings. The van der Waals surface area contributed by atoms with Gasteiger partial charge >= 0.3 is 0 Å². The van der Waals surface area contributed by atoms with Gasteiger partial charge in [0.25, 0.3) is 0 Å². The average Bonchev–Trinajstić information content (AvgIpc) is 2.33. The number of rotatable bonds is 5. The summed E-state index contributed by atoms with van der Waals surface area (Å²) in [5.41, 5.74) is 6.35. The van der Waals surface area contributed by atoms with Crippen LogP contribution in [0.25, 0.3) is 0 Å². The van der Waals surface area contributed by atoms with Crippen molar-refractivity contribution < 1.29 is 20.1 Å². The van der Waals surface area contributed by atoms with Crippen molar-refractivity contribution in [2.45, 2.75) is 25.4 Å². The van der Waals surface area contributed by atoms with E-state index in [1.165, 1.54) is 12.1 Å². The molecule has 0 fully saturated rings. The van der Waals surface area contributed by atoms with Crippen LogP contribution >= 0.6 is 0 Å². The third kappa shape index (κ3) is 3.90. The molecule has 1 rings (SSSR count). The number of aliphatic hydroxyl groups is 1. The van der Waals surface area contributed by atoms with Crippen molar-refractivity contribution in [2.75, 3.05) is 6.61 Å². The minimum Gasteiger partial charge on any atom is -0.504 e. The Morgan fingerprint density at radius 3 is 2.61 bits per heavy atom. The lowest BCUT2D eigenvalue weighted by atomic mass is 10.1. The third-order valence-electron chi connectivity index (χ3n) is 2.49. The Morgan fingerprint density at radius 1 is 1.39 bits per heavy atom. The van der Waals surface area contributed by atoms with Crippen LogP contribution in [0.3, 0.4) is 0 Å². The summed E-state index contributed by atoms with van der Waals surface area (Å²) in [6, 6.07) is 3.15. The summed E-state index contributed by atoms with van der Waals surface area (Å²) in [5.74, 6) is -0.835. The van der Waals surface area contributed by atoms with Crippen LogP contribution in [0, 0.1) is 0 Å². The van der Waals surface area contributed by atoms with Crippen LogP contribution in [0.15, 0.2) is 18.2 Å². The Kier molecular flexibility index (Phi) is 4.94. The zero-order valence-electron chi connectivity index (χ0n) is 10.1. The zero-order chi connectivity index (χ0) is 13.7. The summed E-state index contributed by atoms with van der Waals surface area (Å²) in [7, 11) is 0. The summed E-state index contributed by atoms with van der Waals surface area (Å²) in [6.07, 6.45) is 0.234. The molecule has 6 N–H and O–H groups in total. The molecule has 0 saturated heterocycles. The molecule has 0 spiro atoms. The first-order valence-corrected chi connectivity index (χ1v) is 5.61. The molecule has 0 radical (unpaired) electrons. The summed E-state index contributed by atoms with van der Waals surface area (Å²) in [6.45, 7) is 1.51. The Labute approximate surface area is 105 Å². The lowest BCUT2D eigenvalue weighted by molar-refractivity contribution is -0.123. The molecule has 0 saturated carbocycles. The van der Waals surface area contributed by atoms with E-state index < -0.39 is 6.04 Å². The molecule has 6 nitrogen and oxygen atoms in total. The van der Waals surface area contributed by atoms with E-state index >= 15 is 0 Å². The van der Waals surface area contributed by atoms with E-state index in [0.29, 0.717) is 5.56 Å². The van der Waals surface area contributed by atoms with Crippen molar-refractivity contribution in [1.82, 2.24) is 5.32 Å². The molecule has 1 amide bonds. The van der Waals surface area contributed by atoms with Gasteiger partial charge in [-0.1, -0.05) is 6.07 Å². The van der Waals surface area contributed by atoms with Crippen molar-refractivity contribution in [1.29, 1.82) is 0 Å². The standard InChI is InChI=1S/C12H18N2O4/c1-7(6-15)14-12(18)9(13)4-8-2-3-10(16)11(17)5-8/h2-3,5,7,9,15-17H,4,6,13H2,1H3,(H,14,18)/t7?,9-/m0/s1. The van der Waals surface area contributed by atoms with Crippen LogP contribution < -0.4 is 11.1 Å². The first kappa shape index (κ1) is 14.3. The molecular formula is C12H18N2O4. The molecule has 100 valence electrons. The number of aromatic hydroxyl groups is 2. The highest BCUT2D eigenvalue weighted by Gasteiger charge is 2.16. The summed E-state index contributed by atoms with van der Waals surface area (Å²) >= 11 is 0. The molecule has 0 aliphatic carbocycles. The van der Waals surface area contributed by atoms with Crippen LogP contribution in [0.1, 0.15) is 12.5 Å². The second kappa shape index (κ2) is 6.23. The van der Waals surface area contributed by atoms with Gasteiger partial charge < -0.3 is 26.4 Å². The molecule has 1 aromatic rings. The third-order valence-corrected chi connectivity index (χ3v) is 2.49. The molecule has 6 heteroatoms. The van der Waals surface area contributed by atoms with Crippen molar-refractivity contribution in [3.8, 4) is 11.5 Å². The minimum atomic E-state index is -0.775. The summed E-state index contributed by atoms with van der Waals surface area (Å²) in [5, 5.41) is 29.8. The highest BCUT2D eigenvalue weighted by atomic mass is 16.3. The van der Waals surface area contributed by atoms with Gasteiger partial charge in [-0.15, -0.1) is 0 Å². The number of nitrogens with one attached hydrogen (secondary N) is 1. The van der Waals surface area contributed by atoms with E-state index in [1.807, 2.05) is 0 Å². The maximum absolute atomic E-state index is 11.6. The molecule has 1 unspecified atom stereocenters. The van der Waals surface area contributed by atoms with Gasteiger partial charge in [0.1, 0.15) is 0 Å². The molecule has 0 aliphatic heterocycles. The Bertz CT molecular complexity index is 423. The second-order valence-electron chi connectivity index (χ2n) is 4.23. The normalized spacial score (nSPS) is 13.9. The number of hydrogen-bond acceptors (Lipinski definition) is 5. The van der Waals surface area contributed by atoms with Crippen LogP contribution in [0.5, 0.6) is 11.5 Å². The van der Waals surface area contributed by atoms with Gasteiger partial charge in [-0.2, -0.15) is 0 Å². The average molecular weight is 254 g/mol. The van der Waals surface area contributed by atoms with Crippen LogP contribution in [-0.4, -0.2) is 39.9 Å². The van der Waals surface area contributed by atoms with E-state index in [-0.39, 0.29) is 36.5 Å². The van der Waals surface area contributed by atoms with E-state index in [4.69, 9.17) is 15.9 Å². The van der Waals surface area contributed by atoms with E-state index in [0.717, 1.165) is 0 Å². The van der Waals surface area contributed by atoms with Gasteiger partial charge in [0.2, 0.25) is 5.91 Å². The van der Waals surface area contributed by atoms with E-state index in [1.54, 1.807) is 13.0 Å². The number of benzene rings is 1. The predicted molar refractivity (Wildman–Crippen MR) is 66.1 cm³/mol. The fourth-order valence-corrected chi connectivity index (χ4v) is 1.44. The lowest BCUT2D eigenvalue weighted by Crippen LogP contribution is -2.46. The van der Waals surface area contributed by atoms with Crippen LogP contribution in [0.4, 0.5) is 0 Å². The number of phenols is 2. The predicted octanol–water partition coefficient (Wildman–Crippen LogP) is -0.535. The molecule has 0 heterocycles.